The van der Waals surface area contributed by atoms with Crippen LogP contribution in [0.4, 0.5) is 5.95 Å². The van der Waals surface area contributed by atoms with Gasteiger partial charge in [0, 0.05) is 24.6 Å². The predicted molar refractivity (Wildman–Crippen MR) is 160 cm³/mol. The number of hydrogen-bond acceptors (Lipinski definition) is 5. The zero-order valence-corrected chi connectivity index (χ0v) is 24.7. The van der Waals surface area contributed by atoms with Crippen LogP contribution in [0.2, 0.25) is 10.3 Å². The summed E-state index contributed by atoms with van der Waals surface area (Å²) in [5, 5.41) is 6.19. The maximum Gasteiger partial charge on any atom is 0.261 e. The molecule has 0 unspecified atom stereocenters. The number of rotatable bonds is 8. The normalized spacial score (nSPS) is 18.6. The van der Waals surface area contributed by atoms with E-state index in [-0.39, 0.29) is 22.5 Å². The first-order valence-electron chi connectivity index (χ1n) is 13.3. The number of nitrogens with one attached hydrogen (secondary N) is 1. The Bertz CT molecular complexity index is 1310. The summed E-state index contributed by atoms with van der Waals surface area (Å²) < 4.78 is 9.61. The van der Waals surface area contributed by atoms with Gasteiger partial charge in [0.1, 0.15) is 5.52 Å². The first-order chi connectivity index (χ1) is 18.3. The first kappa shape index (κ1) is 27.1. The molecule has 200 valence electrons. The van der Waals surface area contributed by atoms with Crippen LogP contribution in [0.25, 0.3) is 11.2 Å². The molecule has 6 nitrogen and oxygen atoms in total. The van der Waals surface area contributed by atoms with Crippen LogP contribution in [0, 0.1) is 0 Å². The molecule has 1 fully saturated rings. The van der Waals surface area contributed by atoms with Crippen molar-refractivity contribution in [1.29, 1.82) is 0 Å². The minimum atomic E-state index is -2.59. The lowest BCUT2D eigenvalue weighted by atomic mass is 9.93. The molecule has 4 aromatic rings. The Morgan fingerprint density at radius 3 is 2.11 bits per heavy atom. The fraction of sp³-hybridized carbons (Fsp3) is 0.414. The van der Waals surface area contributed by atoms with Gasteiger partial charge < -0.3 is 9.74 Å². The highest BCUT2D eigenvalue weighted by Gasteiger charge is 2.51. The lowest BCUT2D eigenvalue weighted by Crippen LogP contribution is -2.67. The van der Waals surface area contributed by atoms with Gasteiger partial charge in [0.15, 0.2) is 5.65 Å². The summed E-state index contributed by atoms with van der Waals surface area (Å²) >= 11 is 12.1. The molecule has 38 heavy (non-hydrogen) atoms. The zero-order valence-electron chi connectivity index (χ0n) is 22.2. The topological polar surface area (TPSA) is 64.9 Å². The van der Waals surface area contributed by atoms with Crippen molar-refractivity contribution in [2.24, 2.45) is 0 Å². The molecular weight excluding hydrogens is 533 g/mol. The Morgan fingerprint density at radius 2 is 1.55 bits per heavy atom. The Morgan fingerprint density at radius 1 is 0.947 bits per heavy atom. The van der Waals surface area contributed by atoms with Gasteiger partial charge in [-0.1, -0.05) is 81.4 Å². The van der Waals surface area contributed by atoms with Crippen LogP contribution < -0.4 is 15.7 Å². The average molecular weight is 569 g/mol. The molecule has 0 amide bonds. The van der Waals surface area contributed by atoms with E-state index in [9.17, 15) is 0 Å². The van der Waals surface area contributed by atoms with Crippen molar-refractivity contribution in [1.82, 2.24) is 19.5 Å². The zero-order chi connectivity index (χ0) is 26.8. The van der Waals surface area contributed by atoms with Gasteiger partial charge in [-0.3, -0.25) is 4.57 Å². The minimum Gasteiger partial charge on any atom is -0.404 e. The molecule has 0 atom stereocenters. The number of aromatic nitrogens is 4. The van der Waals surface area contributed by atoms with E-state index >= 15 is 0 Å². The smallest absolute Gasteiger partial charge is 0.261 e. The highest BCUT2D eigenvalue weighted by molar-refractivity contribution is 6.99. The summed E-state index contributed by atoms with van der Waals surface area (Å²) in [5.41, 5.74) is 1.50. The van der Waals surface area contributed by atoms with Crippen molar-refractivity contribution < 1.29 is 4.43 Å². The van der Waals surface area contributed by atoms with Crippen molar-refractivity contribution in [3.05, 3.63) is 72.1 Å². The van der Waals surface area contributed by atoms with Crippen molar-refractivity contribution in [2.75, 3.05) is 17.7 Å². The number of hydrogen-bond donors (Lipinski definition) is 1. The quantitative estimate of drug-likeness (QED) is 0.156. The summed E-state index contributed by atoms with van der Waals surface area (Å²) in [7, 11) is -2.59. The van der Waals surface area contributed by atoms with Gasteiger partial charge in [0.2, 0.25) is 11.2 Å². The molecule has 1 N–H and O–H groups in total. The first-order valence-corrected chi connectivity index (χ1v) is 16.1. The van der Waals surface area contributed by atoms with Crippen LogP contribution in [-0.2, 0) is 4.43 Å². The summed E-state index contributed by atoms with van der Waals surface area (Å²) in [4.78, 5) is 13.4. The Hall–Kier alpha value is -2.45. The molecule has 2 heterocycles. The fourth-order valence-electron chi connectivity index (χ4n) is 5.86. The summed E-state index contributed by atoms with van der Waals surface area (Å²) in [6.07, 6.45) is 5.71. The van der Waals surface area contributed by atoms with Gasteiger partial charge in [-0.25, -0.2) is 9.97 Å². The van der Waals surface area contributed by atoms with E-state index < -0.39 is 8.32 Å². The Kier molecular flexibility index (Phi) is 8.10. The van der Waals surface area contributed by atoms with Crippen molar-refractivity contribution in [3.63, 3.8) is 0 Å². The molecule has 0 spiro atoms. The second-order valence-corrected chi connectivity index (χ2v) is 15.9. The highest BCUT2D eigenvalue weighted by atomic mass is 35.5. The van der Waals surface area contributed by atoms with Gasteiger partial charge in [-0.15, -0.1) is 11.6 Å². The van der Waals surface area contributed by atoms with Crippen LogP contribution in [0.5, 0.6) is 0 Å². The molecule has 2 aromatic carbocycles. The second kappa shape index (κ2) is 11.3. The number of alkyl halides is 1. The van der Waals surface area contributed by atoms with E-state index in [2.05, 4.69) is 101 Å². The Labute approximate surface area is 235 Å². The average Bonchev–Trinajstić information content (AvgIpc) is 3.28. The molecule has 0 saturated heterocycles. The van der Waals surface area contributed by atoms with Gasteiger partial charge in [-0.2, -0.15) is 4.98 Å². The lowest BCUT2D eigenvalue weighted by molar-refractivity contribution is 0.124. The maximum absolute atomic E-state index is 7.42. The third kappa shape index (κ3) is 5.22. The summed E-state index contributed by atoms with van der Waals surface area (Å²) in [6.45, 7) is 7.63. The van der Waals surface area contributed by atoms with Gasteiger partial charge in [0.05, 0.1) is 6.20 Å². The van der Waals surface area contributed by atoms with Gasteiger partial charge >= 0.3 is 0 Å². The van der Waals surface area contributed by atoms with Crippen molar-refractivity contribution in [2.45, 2.75) is 63.6 Å². The monoisotopic (exact) mass is 567 g/mol. The van der Waals surface area contributed by atoms with E-state index in [0.717, 1.165) is 42.8 Å². The number of anilines is 1. The van der Waals surface area contributed by atoms with Gasteiger partial charge in [-0.05, 0) is 52.7 Å². The number of halogens is 2. The highest BCUT2D eigenvalue weighted by Crippen LogP contribution is 2.41. The molecule has 1 saturated carbocycles. The van der Waals surface area contributed by atoms with E-state index in [1.165, 1.54) is 10.4 Å². The van der Waals surface area contributed by atoms with Crippen molar-refractivity contribution >= 4 is 59.0 Å². The van der Waals surface area contributed by atoms with E-state index in [1.807, 2.05) is 0 Å². The largest absolute Gasteiger partial charge is 0.404 e. The van der Waals surface area contributed by atoms with E-state index in [4.69, 9.17) is 32.6 Å². The number of benzene rings is 2. The van der Waals surface area contributed by atoms with Crippen LogP contribution in [0.1, 0.15) is 52.5 Å². The molecule has 0 radical (unpaired) electrons. The standard InChI is InChI=1S/C29H35Cl2N5OSi/c1-29(2,3)38(23-10-6-4-7-11-23,24-12-8-5-9-13-24)37-22-16-14-21(15-17-22)36-26-25(20-33-27(31)35-26)34-28(36)32-19-18-30/h4-13,20-22H,14-19H2,1-3H3,(H,32,34). The second-order valence-electron chi connectivity index (χ2n) is 11.0. The number of imidazole rings is 1. The molecule has 0 aliphatic heterocycles. The molecule has 5 rings (SSSR count). The number of fused-ring (bicyclic) bond motifs is 1. The molecule has 0 bridgehead atoms. The van der Waals surface area contributed by atoms with Gasteiger partial charge in [0.25, 0.3) is 8.32 Å². The van der Waals surface area contributed by atoms with E-state index in [0.29, 0.717) is 12.4 Å². The fourth-order valence-corrected chi connectivity index (χ4v) is 10.8. The molecule has 2 aromatic heterocycles. The SMILES string of the molecule is CC(C)(C)[Si](OC1CCC(n2c(NCCCl)nc3cnc(Cl)nc32)CC1)(c1ccccc1)c1ccccc1. The lowest BCUT2D eigenvalue weighted by Gasteiger charge is -2.46. The van der Waals surface area contributed by atoms with Crippen LogP contribution in [-0.4, -0.2) is 46.4 Å². The van der Waals surface area contributed by atoms with Crippen molar-refractivity contribution in [3.8, 4) is 0 Å². The minimum absolute atomic E-state index is 0.0422. The van der Waals surface area contributed by atoms with Crippen LogP contribution in [0.15, 0.2) is 66.9 Å². The molecule has 1 aliphatic carbocycles. The third-order valence-electron chi connectivity index (χ3n) is 7.55. The molecular formula is C29H35Cl2N5OSi. The van der Waals surface area contributed by atoms with Crippen LogP contribution in [0.3, 0.4) is 0 Å². The Balaban J connectivity index is 1.45. The molecule has 1 aliphatic rings. The predicted octanol–water partition coefficient (Wildman–Crippen LogP) is 6.19. The maximum atomic E-state index is 7.42. The summed E-state index contributed by atoms with van der Waals surface area (Å²) in [5.74, 6) is 1.27. The molecule has 9 heteroatoms. The van der Waals surface area contributed by atoms with Crippen LogP contribution >= 0.6 is 23.2 Å². The number of nitrogens with zero attached hydrogens (tertiary/aromatic N) is 4. The summed E-state index contributed by atoms with van der Waals surface area (Å²) in [6, 6.07) is 22.0. The third-order valence-corrected chi connectivity index (χ3v) is 13.0. The van der Waals surface area contributed by atoms with E-state index in [1.54, 1.807) is 6.20 Å².